The number of nitrogens with two attached hydrogens (primary N) is 2. The molecule has 118 valence electrons. The van der Waals surface area contributed by atoms with Gasteiger partial charge in [0.05, 0.1) is 5.56 Å². The average Bonchev–Trinajstić information content (AvgIpc) is 2.61. The van der Waals surface area contributed by atoms with Crippen LogP contribution in [0.1, 0.15) is 35.4 Å². The van der Waals surface area contributed by atoms with E-state index < -0.39 is 0 Å². The van der Waals surface area contributed by atoms with Gasteiger partial charge < -0.3 is 16.4 Å². The number of hydrogen-bond donors (Lipinski definition) is 2. The Morgan fingerprint density at radius 1 is 1.17 bits per heavy atom. The monoisotopic (exact) mass is 307 g/mol. The average molecular weight is 307 g/mol. The molecule has 2 aromatic rings. The second-order valence-corrected chi connectivity index (χ2v) is 5.88. The quantitative estimate of drug-likeness (QED) is 0.908. The van der Waals surface area contributed by atoms with Gasteiger partial charge in [-0.05, 0) is 42.0 Å². The molecule has 1 fully saturated rings. The van der Waals surface area contributed by atoms with Gasteiger partial charge in [0.1, 0.15) is 17.7 Å². The number of aromatic nitrogens is 1. The summed E-state index contributed by atoms with van der Waals surface area (Å²) < 4.78 is 0. The molecule has 0 aliphatic carbocycles. The maximum absolute atomic E-state index is 8.94. The highest BCUT2D eigenvalue weighted by Gasteiger charge is 2.23. The third-order valence-corrected chi connectivity index (χ3v) is 4.56. The highest BCUT2D eigenvalue weighted by atomic mass is 15.2. The summed E-state index contributed by atoms with van der Waals surface area (Å²) >= 11 is 0. The Kier molecular flexibility index (Phi) is 4.45. The molecule has 1 aliphatic rings. The Morgan fingerprint density at radius 2 is 1.91 bits per heavy atom. The lowest BCUT2D eigenvalue weighted by Gasteiger charge is -2.33. The number of nitriles is 1. The van der Waals surface area contributed by atoms with E-state index in [-0.39, 0.29) is 0 Å². The first-order valence-corrected chi connectivity index (χ1v) is 7.92. The Hall–Kier alpha value is -2.58. The fourth-order valence-electron chi connectivity index (χ4n) is 3.27. The molecule has 5 heteroatoms. The largest absolute Gasteiger partial charge is 0.383 e. The van der Waals surface area contributed by atoms with E-state index in [0.717, 1.165) is 31.7 Å². The van der Waals surface area contributed by atoms with Crippen molar-refractivity contribution in [1.29, 1.82) is 5.26 Å². The van der Waals surface area contributed by atoms with Crippen molar-refractivity contribution < 1.29 is 0 Å². The molecule has 2 heterocycles. The van der Waals surface area contributed by atoms with Crippen LogP contribution < -0.4 is 16.4 Å². The van der Waals surface area contributed by atoms with Crippen molar-refractivity contribution in [2.45, 2.75) is 25.3 Å². The summed E-state index contributed by atoms with van der Waals surface area (Å²) in [5.74, 6) is 1.70. The van der Waals surface area contributed by atoms with E-state index in [1.54, 1.807) is 6.07 Å². The van der Waals surface area contributed by atoms with Crippen molar-refractivity contribution >= 4 is 11.6 Å². The van der Waals surface area contributed by atoms with Crippen LogP contribution in [0.4, 0.5) is 11.6 Å². The molecular formula is C18H21N5. The second-order valence-electron chi connectivity index (χ2n) is 5.88. The van der Waals surface area contributed by atoms with Crippen molar-refractivity contribution in [3.8, 4) is 6.07 Å². The minimum Gasteiger partial charge on any atom is -0.383 e. The molecule has 4 N–H and O–H groups in total. The van der Waals surface area contributed by atoms with Crippen LogP contribution in [-0.2, 0) is 6.54 Å². The maximum Gasteiger partial charge on any atom is 0.143 e. The Labute approximate surface area is 136 Å². The van der Waals surface area contributed by atoms with E-state index in [0.29, 0.717) is 23.8 Å². The fourth-order valence-corrected chi connectivity index (χ4v) is 3.27. The zero-order chi connectivity index (χ0) is 16.2. The van der Waals surface area contributed by atoms with Crippen LogP contribution in [0.2, 0.25) is 0 Å². The van der Waals surface area contributed by atoms with Crippen LogP contribution in [0.25, 0.3) is 0 Å². The summed E-state index contributed by atoms with van der Waals surface area (Å²) in [6.07, 6.45) is 2.14. The number of benzene rings is 1. The number of nitrogen functional groups attached to an aromatic ring is 1. The third-order valence-electron chi connectivity index (χ3n) is 4.56. The van der Waals surface area contributed by atoms with Gasteiger partial charge in [-0.25, -0.2) is 4.98 Å². The van der Waals surface area contributed by atoms with Gasteiger partial charge >= 0.3 is 0 Å². The SMILES string of the molecule is N#Cc1ccc(N2CCC(c3ccccc3CN)CC2)nc1N. The minimum atomic E-state index is 0.306. The molecule has 0 radical (unpaired) electrons. The van der Waals surface area contributed by atoms with Crippen molar-refractivity contribution in [2.24, 2.45) is 5.73 Å². The topological polar surface area (TPSA) is 92.0 Å². The number of rotatable bonds is 3. The Bertz CT molecular complexity index is 726. The van der Waals surface area contributed by atoms with Crippen LogP contribution in [0, 0.1) is 11.3 Å². The van der Waals surface area contributed by atoms with Crippen LogP contribution in [0.15, 0.2) is 36.4 Å². The van der Waals surface area contributed by atoms with Gasteiger partial charge in [-0.3, -0.25) is 0 Å². The Morgan fingerprint density at radius 3 is 2.57 bits per heavy atom. The maximum atomic E-state index is 8.94. The molecule has 1 saturated heterocycles. The molecule has 0 unspecified atom stereocenters. The van der Waals surface area contributed by atoms with Crippen molar-refractivity contribution in [1.82, 2.24) is 4.98 Å². The Balaban J connectivity index is 1.71. The van der Waals surface area contributed by atoms with Crippen LogP contribution in [-0.4, -0.2) is 18.1 Å². The standard InChI is InChI=1S/C18H21N5/c19-11-14-3-1-2-4-16(14)13-7-9-23(10-8-13)17-6-5-15(12-20)18(21)22-17/h1-6,13H,7-11,19H2,(H2,21,22). The smallest absolute Gasteiger partial charge is 0.143 e. The molecule has 0 saturated carbocycles. The summed E-state index contributed by atoms with van der Waals surface area (Å²) in [5.41, 5.74) is 14.7. The molecule has 1 aliphatic heterocycles. The highest BCUT2D eigenvalue weighted by molar-refractivity contribution is 5.55. The van der Waals surface area contributed by atoms with E-state index in [1.807, 2.05) is 18.2 Å². The van der Waals surface area contributed by atoms with E-state index in [9.17, 15) is 0 Å². The molecule has 1 aromatic carbocycles. The summed E-state index contributed by atoms with van der Waals surface area (Å²) in [6.45, 7) is 2.45. The lowest BCUT2D eigenvalue weighted by atomic mass is 9.86. The molecular weight excluding hydrogens is 286 g/mol. The van der Waals surface area contributed by atoms with E-state index in [1.165, 1.54) is 11.1 Å². The number of anilines is 2. The predicted molar refractivity (Wildman–Crippen MR) is 91.9 cm³/mol. The summed E-state index contributed by atoms with van der Waals surface area (Å²) in [7, 11) is 0. The van der Waals surface area contributed by atoms with Crippen molar-refractivity contribution in [2.75, 3.05) is 23.7 Å². The molecule has 1 aromatic heterocycles. The normalized spacial score (nSPS) is 15.4. The lowest BCUT2D eigenvalue weighted by Crippen LogP contribution is -2.34. The van der Waals surface area contributed by atoms with E-state index in [2.05, 4.69) is 28.1 Å². The van der Waals surface area contributed by atoms with Gasteiger partial charge in [-0.15, -0.1) is 0 Å². The zero-order valence-electron chi connectivity index (χ0n) is 13.1. The zero-order valence-corrected chi connectivity index (χ0v) is 13.1. The van der Waals surface area contributed by atoms with Crippen LogP contribution in [0.5, 0.6) is 0 Å². The summed E-state index contributed by atoms with van der Waals surface area (Å²) in [4.78, 5) is 6.60. The van der Waals surface area contributed by atoms with Crippen molar-refractivity contribution in [3.05, 3.63) is 53.1 Å². The molecule has 0 amide bonds. The molecule has 0 spiro atoms. The third kappa shape index (κ3) is 3.13. The number of piperidine rings is 1. The first-order chi connectivity index (χ1) is 11.2. The molecule has 5 nitrogen and oxygen atoms in total. The lowest BCUT2D eigenvalue weighted by molar-refractivity contribution is 0.500. The van der Waals surface area contributed by atoms with Gasteiger partial charge in [-0.2, -0.15) is 5.26 Å². The van der Waals surface area contributed by atoms with Gasteiger partial charge in [0.25, 0.3) is 0 Å². The molecule has 3 rings (SSSR count). The van der Waals surface area contributed by atoms with Crippen molar-refractivity contribution in [3.63, 3.8) is 0 Å². The minimum absolute atomic E-state index is 0.306. The number of pyridine rings is 1. The van der Waals surface area contributed by atoms with Gasteiger partial charge in [0, 0.05) is 19.6 Å². The fraction of sp³-hybridized carbons (Fsp3) is 0.333. The number of nitrogens with zero attached hydrogens (tertiary/aromatic N) is 3. The van der Waals surface area contributed by atoms with Crippen LogP contribution in [0.3, 0.4) is 0 Å². The first-order valence-electron chi connectivity index (χ1n) is 7.92. The van der Waals surface area contributed by atoms with Gasteiger partial charge in [0.2, 0.25) is 0 Å². The highest BCUT2D eigenvalue weighted by Crippen LogP contribution is 2.32. The summed E-state index contributed by atoms with van der Waals surface area (Å²) in [5, 5.41) is 8.94. The number of hydrogen-bond acceptors (Lipinski definition) is 5. The molecule has 0 atom stereocenters. The first kappa shape index (κ1) is 15.3. The van der Waals surface area contributed by atoms with Crippen LogP contribution >= 0.6 is 0 Å². The van der Waals surface area contributed by atoms with E-state index >= 15 is 0 Å². The predicted octanol–water partition coefficient (Wildman–Crippen LogP) is 2.38. The summed E-state index contributed by atoms with van der Waals surface area (Å²) in [6, 6.07) is 14.1. The van der Waals surface area contributed by atoms with Gasteiger partial charge in [0.15, 0.2) is 0 Å². The van der Waals surface area contributed by atoms with Gasteiger partial charge in [-0.1, -0.05) is 24.3 Å². The van der Waals surface area contributed by atoms with E-state index in [4.69, 9.17) is 16.7 Å². The molecule has 0 bridgehead atoms. The molecule has 23 heavy (non-hydrogen) atoms. The second kappa shape index (κ2) is 6.67.